The number of allylic oxidation sites excluding steroid dienone is 19. The summed E-state index contributed by atoms with van der Waals surface area (Å²) in [5.74, 6) is -0.200. The monoisotopic (exact) mass is 1210 g/mol. The lowest BCUT2D eigenvalue weighted by molar-refractivity contribution is -0.302. The number of aliphatic hydroxyl groups is 5. The standard InChI is InChI=1S/C78H135NO8/c1-3-5-7-9-11-13-15-17-19-21-23-25-27-29-31-33-35-36-38-39-41-43-45-47-49-51-53-55-57-59-61-63-65-67-72(81)71(70-86-78-77(85)76(84)75(83)73(69-80)87-78)79-74(82)68-66-64-62-60-58-56-54-52-50-48-46-44-42-40-37-34-32-30-28-26-24-22-20-18-16-14-12-10-8-6-4-2/h6,8,12,14,18,20,24,26,30,32,37,40,44,46,49,51,57,59,65,67,71-73,75-78,80-81,83-85H,3-5,7,9-11,13,15-17,19,21-23,25,27-29,31,33-36,38-39,41-43,45,47-48,50,52-56,58,60-64,66,68-70H2,1-2H3,(H,79,82)/b8-6-,14-12-,20-18-,26-24-,32-30-,40-37-,46-44-,51-49+,59-57+,67-65+. The molecule has 0 aromatic carbocycles. The highest BCUT2D eigenvalue weighted by Gasteiger charge is 2.44. The third kappa shape index (κ3) is 54.1. The first-order valence-corrected chi connectivity index (χ1v) is 36.3. The van der Waals surface area contributed by atoms with E-state index in [2.05, 4.69) is 129 Å². The maximum absolute atomic E-state index is 13.1. The lowest BCUT2D eigenvalue weighted by atomic mass is 9.99. The summed E-state index contributed by atoms with van der Waals surface area (Å²) in [6.45, 7) is 3.66. The molecule has 0 spiro atoms. The molecule has 1 aliphatic heterocycles. The van der Waals surface area contributed by atoms with Crippen LogP contribution in [-0.2, 0) is 14.3 Å². The van der Waals surface area contributed by atoms with Crippen molar-refractivity contribution in [3.8, 4) is 0 Å². The van der Waals surface area contributed by atoms with Gasteiger partial charge in [0.2, 0.25) is 5.91 Å². The van der Waals surface area contributed by atoms with Crippen LogP contribution in [0.3, 0.4) is 0 Å². The molecular weight excluding hydrogens is 1080 g/mol. The summed E-state index contributed by atoms with van der Waals surface area (Å²) < 4.78 is 11.3. The predicted octanol–water partition coefficient (Wildman–Crippen LogP) is 20.2. The number of nitrogens with one attached hydrogen (secondary N) is 1. The Morgan fingerprint density at radius 2 is 0.724 bits per heavy atom. The molecular formula is C78H135NO8. The third-order valence-corrected chi connectivity index (χ3v) is 16.5. The first-order valence-electron chi connectivity index (χ1n) is 36.3. The molecule has 0 aliphatic carbocycles. The van der Waals surface area contributed by atoms with Gasteiger partial charge in [-0.05, 0) is 103 Å². The van der Waals surface area contributed by atoms with Gasteiger partial charge in [0, 0.05) is 6.42 Å². The number of rotatable bonds is 62. The Labute approximate surface area is 535 Å². The van der Waals surface area contributed by atoms with Gasteiger partial charge >= 0.3 is 0 Å². The molecule has 1 fully saturated rings. The van der Waals surface area contributed by atoms with Gasteiger partial charge in [-0.25, -0.2) is 0 Å². The van der Waals surface area contributed by atoms with Crippen LogP contribution >= 0.6 is 0 Å². The predicted molar refractivity (Wildman–Crippen MR) is 373 cm³/mol. The number of ether oxygens (including phenoxy) is 2. The number of hydrogen-bond acceptors (Lipinski definition) is 8. The molecule has 9 nitrogen and oxygen atoms in total. The summed E-state index contributed by atoms with van der Waals surface area (Å²) >= 11 is 0. The molecule has 87 heavy (non-hydrogen) atoms. The first-order chi connectivity index (χ1) is 42.8. The highest BCUT2D eigenvalue weighted by Crippen LogP contribution is 2.23. The van der Waals surface area contributed by atoms with Gasteiger partial charge in [-0.3, -0.25) is 4.79 Å². The Morgan fingerprint density at radius 3 is 1.10 bits per heavy atom. The Bertz CT molecular complexity index is 1790. The average molecular weight is 1210 g/mol. The molecule has 0 bridgehead atoms. The van der Waals surface area contributed by atoms with Gasteiger partial charge < -0.3 is 40.3 Å². The number of unbranched alkanes of at least 4 members (excludes halogenated alkanes) is 34. The topological polar surface area (TPSA) is 149 Å². The lowest BCUT2D eigenvalue weighted by Crippen LogP contribution is -2.60. The second-order valence-electron chi connectivity index (χ2n) is 24.6. The van der Waals surface area contributed by atoms with Crippen molar-refractivity contribution in [2.24, 2.45) is 0 Å². The second kappa shape index (κ2) is 65.5. The van der Waals surface area contributed by atoms with E-state index in [1.54, 1.807) is 6.08 Å². The van der Waals surface area contributed by atoms with E-state index in [0.29, 0.717) is 6.42 Å². The third-order valence-electron chi connectivity index (χ3n) is 16.5. The van der Waals surface area contributed by atoms with Crippen molar-refractivity contribution in [3.05, 3.63) is 122 Å². The van der Waals surface area contributed by atoms with Crippen LogP contribution in [0.2, 0.25) is 0 Å². The zero-order chi connectivity index (χ0) is 62.8. The van der Waals surface area contributed by atoms with Gasteiger partial charge in [0.25, 0.3) is 0 Å². The Kier molecular flexibility index (Phi) is 61.5. The summed E-state index contributed by atoms with van der Waals surface area (Å²) in [5, 5.41) is 54.8. The summed E-state index contributed by atoms with van der Waals surface area (Å²) in [4.78, 5) is 13.1. The van der Waals surface area contributed by atoms with Gasteiger partial charge in [0.05, 0.1) is 25.4 Å². The molecule has 7 unspecified atom stereocenters. The van der Waals surface area contributed by atoms with Crippen molar-refractivity contribution in [3.63, 3.8) is 0 Å². The first kappa shape index (κ1) is 81.6. The van der Waals surface area contributed by atoms with E-state index in [1.165, 1.54) is 186 Å². The summed E-state index contributed by atoms with van der Waals surface area (Å²) in [6, 6.07) is -0.843. The highest BCUT2D eigenvalue weighted by molar-refractivity contribution is 5.76. The molecule has 0 saturated carbocycles. The van der Waals surface area contributed by atoms with Crippen molar-refractivity contribution in [2.45, 2.75) is 352 Å². The zero-order valence-electron chi connectivity index (χ0n) is 56.0. The van der Waals surface area contributed by atoms with Gasteiger partial charge in [-0.2, -0.15) is 0 Å². The van der Waals surface area contributed by atoms with Crippen LogP contribution in [0.15, 0.2) is 122 Å². The largest absolute Gasteiger partial charge is 0.394 e. The molecule has 9 heteroatoms. The van der Waals surface area contributed by atoms with Crippen molar-refractivity contribution in [1.82, 2.24) is 5.32 Å². The van der Waals surface area contributed by atoms with Crippen molar-refractivity contribution < 1.29 is 39.8 Å². The van der Waals surface area contributed by atoms with Crippen LogP contribution in [0.5, 0.6) is 0 Å². The Hall–Kier alpha value is -3.41. The SMILES string of the molecule is CC/C=C\C/C=C\C/C=C\C/C=C\C/C=C\C/C=C\C/C=C\CCCCCCCCCCCC(=O)NC(COC1OC(CO)C(O)C(O)C1O)C(O)/C=C/CC/C=C/CC/C=C/CCCCCCCCCCCCCCCCCCCCCCCCC. The number of hydrogen-bond donors (Lipinski definition) is 6. The fourth-order valence-corrected chi connectivity index (χ4v) is 10.9. The lowest BCUT2D eigenvalue weighted by Gasteiger charge is -2.40. The second-order valence-corrected chi connectivity index (χ2v) is 24.6. The minimum Gasteiger partial charge on any atom is -0.394 e. The molecule has 6 N–H and O–H groups in total. The van der Waals surface area contributed by atoms with E-state index in [1.807, 2.05) is 6.08 Å². The maximum atomic E-state index is 13.1. The quantitative estimate of drug-likeness (QED) is 0.0261. The normalized spacial score (nSPS) is 18.7. The minimum absolute atomic E-state index is 0.200. The Balaban J connectivity index is 2.18. The number of amides is 1. The average Bonchev–Trinajstić information content (AvgIpc) is 3.47. The molecule has 1 aliphatic rings. The van der Waals surface area contributed by atoms with Crippen LogP contribution in [0.1, 0.15) is 309 Å². The molecule has 7 atom stereocenters. The molecule has 0 aromatic heterocycles. The van der Waals surface area contributed by atoms with Gasteiger partial charge in [-0.1, -0.05) is 322 Å². The van der Waals surface area contributed by atoms with E-state index in [9.17, 15) is 30.3 Å². The van der Waals surface area contributed by atoms with Gasteiger partial charge in [0.1, 0.15) is 24.4 Å². The van der Waals surface area contributed by atoms with E-state index in [-0.39, 0.29) is 12.5 Å². The molecule has 1 amide bonds. The van der Waals surface area contributed by atoms with E-state index in [4.69, 9.17) is 9.47 Å². The fraction of sp³-hybridized carbons (Fsp3) is 0.731. The maximum Gasteiger partial charge on any atom is 0.220 e. The van der Waals surface area contributed by atoms with Crippen LogP contribution in [-0.4, -0.2) is 87.5 Å². The number of carbonyl (C=O) groups excluding carboxylic acids is 1. The van der Waals surface area contributed by atoms with E-state index >= 15 is 0 Å². The van der Waals surface area contributed by atoms with Crippen LogP contribution in [0.4, 0.5) is 0 Å². The zero-order valence-corrected chi connectivity index (χ0v) is 56.0. The molecule has 0 radical (unpaired) electrons. The van der Waals surface area contributed by atoms with Crippen molar-refractivity contribution >= 4 is 5.91 Å². The van der Waals surface area contributed by atoms with Gasteiger partial charge in [0.15, 0.2) is 6.29 Å². The molecule has 1 saturated heterocycles. The van der Waals surface area contributed by atoms with Crippen LogP contribution in [0, 0.1) is 0 Å². The van der Waals surface area contributed by atoms with E-state index < -0.39 is 49.5 Å². The number of aliphatic hydroxyl groups excluding tert-OH is 5. The van der Waals surface area contributed by atoms with Crippen LogP contribution < -0.4 is 5.32 Å². The van der Waals surface area contributed by atoms with Gasteiger partial charge in [-0.15, -0.1) is 0 Å². The summed E-state index contributed by atoms with van der Waals surface area (Å²) in [5.41, 5.74) is 0. The van der Waals surface area contributed by atoms with Crippen molar-refractivity contribution in [1.29, 1.82) is 0 Å². The summed E-state index contributed by atoms with van der Waals surface area (Å²) in [6.07, 6.45) is 91.7. The Morgan fingerprint density at radius 1 is 0.402 bits per heavy atom. The van der Waals surface area contributed by atoms with E-state index in [0.717, 1.165) is 103 Å². The molecule has 0 aromatic rings. The molecule has 1 heterocycles. The smallest absolute Gasteiger partial charge is 0.220 e. The number of carbonyl (C=O) groups is 1. The van der Waals surface area contributed by atoms with Crippen LogP contribution in [0.25, 0.3) is 0 Å². The highest BCUT2D eigenvalue weighted by atomic mass is 16.7. The summed E-state index contributed by atoms with van der Waals surface area (Å²) in [7, 11) is 0. The molecule has 500 valence electrons. The molecule has 1 rings (SSSR count). The van der Waals surface area contributed by atoms with Crippen molar-refractivity contribution in [2.75, 3.05) is 13.2 Å². The fourth-order valence-electron chi connectivity index (χ4n) is 10.9. The minimum atomic E-state index is -1.58.